The normalized spacial score (nSPS) is 10.2. The molecule has 0 fully saturated rings. The first kappa shape index (κ1) is 13.3. The molecule has 1 amide bonds. The lowest BCUT2D eigenvalue weighted by molar-refractivity contribution is -0.116. The highest BCUT2D eigenvalue weighted by molar-refractivity contribution is 6.29. The van der Waals surface area contributed by atoms with Crippen LogP contribution < -0.4 is 11.1 Å². The fourth-order valence-electron chi connectivity index (χ4n) is 1.59. The average molecular weight is 277 g/mol. The van der Waals surface area contributed by atoms with Crippen LogP contribution in [0.5, 0.6) is 0 Å². The number of nitrogens with one attached hydrogen (secondary N) is 1. The van der Waals surface area contributed by atoms with Gasteiger partial charge in [0.05, 0.1) is 0 Å². The molecular weight excluding hydrogens is 264 g/mol. The molecule has 19 heavy (non-hydrogen) atoms. The minimum Gasteiger partial charge on any atom is -0.399 e. The third kappa shape index (κ3) is 4.22. The maximum Gasteiger partial charge on any atom is 0.225 e. The molecule has 1 aromatic carbocycles. The molecule has 0 saturated carbocycles. The lowest BCUT2D eigenvalue weighted by atomic mass is 10.1. The third-order valence-electron chi connectivity index (χ3n) is 2.49. The SMILES string of the molecule is Nc1cccc(CCC(=O)Nc2ccc(Cl)nn2)c1. The van der Waals surface area contributed by atoms with Crippen molar-refractivity contribution in [2.24, 2.45) is 0 Å². The third-order valence-corrected chi connectivity index (χ3v) is 2.69. The molecule has 6 heteroatoms. The number of amides is 1. The van der Waals surface area contributed by atoms with Gasteiger partial charge in [-0.1, -0.05) is 23.7 Å². The summed E-state index contributed by atoms with van der Waals surface area (Å²) >= 11 is 5.61. The summed E-state index contributed by atoms with van der Waals surface area (Å²) in [5.41, 5.74) is 7.39. The summed E-state index contributed by atoms with van der Waals surface area (Å²) in [5, 5.41) is 10.3. The summed E-state index contributed by atoms with van der Waals surface area (Å²) in [4.78, 5) is 11.7. The zero-order valence-electron chi connectivity index (χ0n) is 10.1. The van der Waals surface area contributed by atoms with Gasteiger partial charge in [-0.15, -0.1) is 10.2 Å². The van der Waals surface area contributed by atoms with Crippen LogP contribution in [0.2, 0.25) is 5.15 Å². The van der Waals surface area contributed by atoms with E-state index >= 15 is 0 Å². The van der Waals surface area contributed by atoms with Gasteiger partial charge in [0, 0.05) is 12.1 Å². The average Bonchev–Trinajstić information content (AvgIpc) is 2.39. The fraction of sp³-hybridized carbons (Fsp3) is 0.154. The molecule has 1 aromatic heterocycles. The number of rotatable bonds is 4. The van der Waals surface area contributed by atoms with Crippen LogP contribution in [0, 0.1) is 0 Å². The molecule has 2 rings (SSSR count). The molecule has 0 saturated heterocycles. The summed E-state index contributed by atoms with van der Waals surface area (Å²) in [7, 11) is 0. The summed E-state index contributed by atoms with van der Waals surface area (Å²) < 4.78 is 0. The molecule has 0 radical (unpaired) electrons. The van der Waals surface area contributed by atoms with Gasteiger partial charge in [-0.3, -0.25) is 4.79 Å². The van der Waals surface area contributed by atoms with Crippen LogP contribution in [0.15, 0.2) is 36.4 Å². The van der Waals surface area contributed by atoms with Gasteiger partial charge in [0.15, 0.2) is 11.0 Å². The van der Waals surface area contributed by atoms with Crippen molar-refractivity contribution in [2.75, 3.05) is 11.1 Å². The Kier molecular flexibility index (Phi) is 4.30. The van der Waals surface area contributed by atoms with Crippen molar-refractivity contribution >= 4 is 29.0 Å². The Morgan fingerprint density at radius 1 is 1.26 bits per heavy atom. The molecule has 98 valence electrons. The Balaban J connectivity index is 1.86. The number of halogens is 1. The van der Waals surface area contributed by atoms with Crippen LogP contribution in [0.1, 0.15) is 12.0 Å². The van der Waals surface area contributed by atoms with E-state index in [4.69, 9.17) is 17.3 Å². The maximum absolute atomic E-state index is 11.7. The standard InChI is InChI=1S/C13H13ClN4O/c14-11-5-6-12(18-17-11)16-13(19)7-4-9-2-1-3-10(15)8-9/h1-3,5-6,8H,4,7,15H2,(H,16,18,19). The van der Waals surface area contributed by atoms with Gasteiger partial charge in [0.25, 0.3) is 0 Å². The highest BCUT2D eigenvalue weighted by Gasteiger charge is 2.04. The minimum atomic E-state index is -0.126. The van der Waals surface area contributed by atoms with E-state index in [2.05, 4.69) is 15.5 Å². The number of carbonyl (C=O) groups excluding carboxylic acids is 1. The largest absolute Gasteiger partial charge is 0.399 e. The predicted octanol–water partition coefficient (Wildman–Crippen LogP) is 2.28. The second-order valence-electron chi connectivity index (χ2n) is 4.03. The number of aromatic nitrogens is 2. The molecule has 0 aliphatic carbocycles. The van der Waals surface area contributed by atoms with Crippen molar-refractivity contribution in [3.63, 3.8) is 0 Å². The number of benzene rings is 1. The molecule has 1 heterocycles. The number of nitrogens with two attached hydrogens (primary N) is 1. The second kappa shape index (κ2) is 6.15. The summed E-state index contributed by atoms with van der Waals surface area (Å²) in [6, 6.07) is 10.6. The zero-order chi connectivity index (χ0) is 13.7. The van der Waals surface area contributed by atoms with Gasteiger partial charge in [0.1, 0.15) is 0 Å². The quantitative estimate of drug-likeness (QED) is 0.840. The van der Waals surface area contributed by atoms with Gasteiger partial charge in [-0.05, 0) is 36.2 Å². The lowest BCUT2D eigenvalue weighted by Gasteiger charge is -2.04. The fourth-order valence-corrected chi connectivity index (χ4v) is 1.70. The molecule has 3 N–H and O–H groups in total. The molecule has 0 atom stereocenters. The van der Waals surface area contributed by atoms with Crippen LogP contribution in [-0.4, -0.2) is 16.1 Å². The number of aryl methyl sites for hydroxylation is 1. The summed E-state index contributed by atoms with van der Waals surface area (Å²) in [6.07, 6.45) is 0.978. The molecule has 0 unspecified atom stereocenters. The van der Waals surface area contributed by atoms with E-state index < -0.39 is 0 Å². The van der Waals surface area contributed by atoms with Gasteiger partial charge in [0.2, 0.25) is 5.91 Å². The first-order valence-corrected chi connectivity index (χ1v) is 6.15. The van der Waals surface area contributed by atoms with Crippen LogP contribution >= 0.6 is 11.6 Å². The van der Waals surface area contributed by atoms with Crippen molar-refractivity contribution in [3.05, 3.63) is 47.1 Å². The van der Waals surface area contributed by atoms with Crippen LogP contribution in [0.4, 0.5) is 11.5 Å². The number of nitrogen functional groups attached to an aromatic ring is 1. The van der Waals surface area contributed by atoms with E-state index in [1.165, 1.54) is 0 Å². The summed E-state index contributed by atoms with van der Waals surface area (Å²) in [6.45, 7) is 0. The molecule has 0 spiro atoms. The van der Waals surface area contributed by atoms with E-state index in [0.29, 0.717) is 24.3 Å². The molecule has 5 nitrogen and oxygen atoms in total. The van der Waals surface area contributed by atoms with E-state index in [-0.39, 0.29) is 11.1 Å². The van der Waals surface area contributed by atoms with Crippen molar-refractivity contribution in [2.45, 2.75) is 12.8 Å². The van der Waals surface area contributed by atoms with Crippen LogP contribution in [-0.2, 0) is 11.2 Å². The Bertz CT molecular complexity index is 571. The zero-order valence-corrected chi connectivity index (χ0v) is 10.9. The Morgan fingerprint density at radius 2 is 2.11 bits per heavy atom. The number of hydrogen-bond donors (Lipinski definition) is 2. The molecule has 0 aliphatic heterocycles. The minimum absolute atomic E-state index is 0.126. The first-order valence-electron chi connectivity index (χ1n) is 5.77. The monoisotopic (exact) mass is 276 g/mol. The molecular formula is C13H13ClN4O. The maximum atomic E-state index is 11.7. The molecule has 0 aliphatic rings. The van der Waals surface area contributed by atoms with Crippen LogP contribution in [0.25, 0.3) is 0 Å². The highest BCUT2D eigenvalue weighted by atomic mass is 35.5. The smallest absolute Gasteiger partial charge is 0.225 e. The number of anilines is 2. The van der Waals surface area contributed by atoms with Gasteiger partial charge in [-0.2, -0.15) is 0 Å². The van der Waals surface area contributed by atoms with Crippen molar-refractivity contribution < 1.29 is 4.79 Å². The molecule has 0 bridgehead atoms. The van der Waals surface area contributed by atoms with E-state index in [0.717, 1.165) is 5.56 Å². The topological polar surface area (TPSA) is 80.9 Å². The summed E-state index contributed by atoms with van der Waals surface area (Å²) in [5.74, 6) is 0.265. The van der Waals surface area contributed by atoms with E-state index in [1.54, 1.807) is 12.1 Å². The highest BCUT2D eigenvalue weighted by Crippen LogP contribution is 2.10. The van der Waals surface area contributed by atoms with Crippen molar-refractivity contribution in [1.29, 1.82) is 0 Å². The number of nitrogens with zero attached hydrogens (tertiary/aromatic N) is 2. The van der Waals surface area contributed by atoms with Gasteiger partial charge in [-0.25, -0.2) is 0 Å². The van der Waals surface area contributed by atoms with Crippen LogP contribution in [0.3, 0.4) is 0 Å². The van der Waals surface area contributed by atoms with E-state index in [1.807, 2.05) is 24.3 Å². The Labute approximate surface area is 115 Å². The molecule has 2 aromatic rings. The van der Waals surface area contributed by atoms with Gasteiger partial charge >= 0.3 is 0 Å². The first-order chi connectivity index (χ1) is 9.13. The van der Waals surface area contributed by atoms with Crippen molar-refractivity contribution in [1.82, 2.24) is 10.2 Å². The van der Waals surface area contributed by atoms with E-state index in [9.17, 15) is 4.79 Å². The van der Waals surface area contributed by atoms with Crippen molar-refractivity contribution in [3.8, 4) is 0 Å². The second-order valence-corrected chi connectivity index (χ2v) is 4.42. The number of carbonyl (C=O) groups is 1. The predicted molar refractivity (Wildman–Crippen MR) is 74.8 cm³/mol. The lowest BCUT2D eigenvalue weighted by Crippen LogP contribution is -2.13. The Morgan fingerprint density at radius 3 is 2.79 bits per heavy atom. The Hall–Kier alpha value is -2.14. The number of hydrogen-bond acceptors (Lipinski definition) is 4. The van der Waals surface area contributed by atoms with Gasteiger partial charge < -0.3 is 11.1 Å².